The minimum atomic E-state index is 0.504. The van der Waals surface area contributed by atoms with Crippen LogP contribution in [0, 0.1) is 18.3 Å². The largest absolute Gasteiger partial charge is 0.198 e. The lowest BCUT2D eigenvalue weighted by atomic mass is 10.1. The molecule has 3 heteroatoms. The van der Waals surface area contributed by atoms with Crippen molar-refractivity contribution in [3.05, 3.63) is 23.3 Å². The summed E-state index contributed by atoms with van der Waals surface area (Å²) in [5.74, 6) is 0. The molecule has 0 spiro atoms. The van der Waals surface area contributed by atoms with Gasteiger partial charge in [-0.1, -0.05) is 0 Å². The molecule has 0 unspecified atom stereocenters. The first kappa shape index (κ1) is 11.5. The highest BCUT2D eigenvalue weighted by Gasteiger charge is 2.05. The van der Waals surface area contributed by atoms with Crippen LogP contribution in [0.3, 0.4) is 0 Å². The monoisotopic (exact) mass is 223 g/mol. The summed E-state index contributed by atoms with van der Waals surface area (Å²) in [4.78, 5) is 2.50. The van der Waals surface area contributed by atoms with Crippen LogP contribution in [0.25, 0.3) is 0 Å². The Morgan fingerprint density at radius 1 is 1.21 bits per heavy atom. The summed E-state index contributed by atoms with van der Waals surface area (Å²) < 4.78 is 0. The van der Waals surface area contributed by atoms with Crippen molar-refractivity contribution in [2.45, 2.75) is 23.1 Å². The molecule has 0 N–H and O–H groups in total. The molecule has 0 radical (unpaired) electrons. The predicted molar refractivity (Wildman–Crippen MR) is 64.1 cm³/mol. The van der Waals surface area contributed by atoms with Gasteiger partial charge in [-0.2, -0.15) is 5.26 Å². The van der Waals surface area contributed by atoms with Crippen LogP contribution >= 0.6 is 23.5 Å². The van der Waals surface area contributed by atoms with Gasteiger partial charge in [-0.05, 0) is 42.7 Å². The smallest absolute Gasteiger partial charge is 0.0670 e. The Kier molecular flexibility index (Phi) is 4.37. The minimum Gasteiger partial charge on any atom is -0.198 e. The van der Waals surface area contributed by atoms with E-state index in [1.807, 2.05) is 0 Å². The van der Waals surface area contributed by atoms with Gasteiger partial charge in [0.15, 0.2) is 0 Å². The molecule has 74 valence electrons. The fourth-order valence-electron chi connectivity index (χ4n) is 1.34. The second kappa shape index (κ2) is 5.33. The molecule has 0 saturated carbocycles. The van der Waals surface area contributed by atoms with Gasteiger partial charge in [0.25, 0.3) is 0 Å². The van der Waals surface area contributed by atoms with Crippen molar-refractivity contribution < 1.29 is 0 Å². The lowest BCUT2D eigenvalue weighted by Crippen LogP contribution is -1.90. The molecule has 0 aliphatic heterocycles. The number of hydrogen-bond acceptors (Lipinski definition) is 3. The third kappa shape index (κ3) is 2.46. The first-order valence-electron chi connectivity index (χ1n) is 4.31. The Hall–Kier alpha value is -0.590. The van der Waals surface area contributed by atoms with Gasteiger partial charge < -0.3 is 0 Å². The van der Waals surface area contributed by atoms with Crippen molar-refractivity contribution in [2.24, 2.45) is 0 Å². The molecule has 0 atom stereocenters. The van der Waals surface area contributed by atoms with E-state index in [1.54, 1.807) is 23.5 Å². The maximum atomic E-state index is 8.71. The van der Waals surface area contributed by atoms with Crippen LogP contribution in [0.5, 0.6) is 0 Å². The fraction of sp³-hybridized carbons (Fsp3) is 0.364. The van der Waals surface area contributed by atoms with Crippen molar-refractivity contribution in [3.63, 3.8) is 0 Å². The van der Waals surface area contributed by atoms with E-state index in [9.17, 15) is 0 Å². The highest BCUT2D eigenvalue weighted by atomic mass is 32.2. The van der Waals surface area contributed by atoms with Crippen molar-refractivity contribution >= 4 is 23.5 Å². The fourth-order valence-corrected chi connectivity index (χ4v) is 2.67. The predicted octanol–water partition coefficient (Wildman–Crippen LogP) is 3.50. The number of thioether (sulfide) groups is 2. The Morgan fingerprint density at radius 2 is 1.86 bits per heavy atom. The molecule has 0 aromatic heterocycles. The van der Waals surface area contributed by atoms with Crippen LogP contribution in [-0.2, 0) is 6.42 Å². The van der Waals surface area contributed by atoms with Crippen molar-refractivity contribution in [3.8, 4) is 6.07 Å². The maximum absolute atomic E-state index is 8.71. The number of nitriles is 1. The summed E-state index contributed by atoms with van der Waals surface area (Å²) in [5, 5.41) is 8.71. The van der Waals surface area contributed by atoms with Gasteiger partial charge in [-0.3, -0.25) is 0 Å². The lowest BCUT2D eigenvalue weighted by molar-refractivity contribution is 1.12. The van der Waals surface area contributed by atoms with Crippen LogP contribution in [0.4, 0.5) is 0 Å². The molecule has 0 saturated heterocycles. The van der Waals surface area contributed by atoms with Crippen molar-refractivity contribution in [1.82, 2.24) is 0 Å². The molecule has 0 fully saturated rings. The third-order valence-electron chi connectivity index (χ3n) is 2.07. The number of aryl methyl sites for hydroxylation is 1. The first-order chi connectivity index (χ1) is 6.72. The molecule has 0 bridgehead atoms. The zero-order valence-electron chi connectivity index (χ0n) is 8.63. The second-order valence-electron chi connectivity index (χ2n) is 2.97. The van der Waals surface area contributed by atoms with E-state index < -0.39 is 0 Å². The van der Waals surface area contributed by atoms with Crippen LogP contribution in [0.2, 0.25) is 0 Å². The van der Waals surface area contributed by atoms with Gasteiger partial charge in [0.1, 0.15) is 0 Å². The highest BCUT2D eigenvalue weighted by molar-refractivity contribution is 7.99. The lowest BCUT2D eigenvalue weighted by Gasteiger charge is -2.09. The summed E-state index contributed by atoms with van der Waals surface area (Å²) >= 11 is 3.44. The Labute approximate surface area is 93.9 Å². The van der Waals surface area contributed by atoms with E-state index in [4.69, 9.17) is 5.26 Å². The average molecular weight is 223 g/mol. The van der Waals surface area contributed by atoms with Crippen molar-refractivity contribution in [2.75, 3.05) is 12.5 Å². The van der Waals surface area contributed by atoms with Gasteiger partial charge in [0.05, 0.1) is 12.5 Å². The SMILES string of the molecule is CSc1cc(CC#N)c(SC)cc1C. The summed E-state index contributed by atoms with van der Waals surface area (Å²) in [7, 11) is 0. The van der Waals surface area contributed by atoms with Gasteiger partial charge in [0, 0.05) is 9.79 Å². The topological polar surface area (TPSA) is 23.8 Å². The number of benzene rings is 1. The molecule has 1 nitrogen and oxygen atoms in total. The van der Waals surface area contributed by atoms with Crippen LogP contribution in [0.1, 0.15) is 11.1 Å². The third-order valence-corrected chi connectivity index (χ3v) is 3.77. The molecule has 1 aromatic rings. The first-order valence-corrected chi connectivity index (χ1v) is 6.76. The summed E-state index contributed by atoms with van der Waals surface area (Å²) in [6.07, 6.45) is 4.62. The molecular formula is C11H13NS2. The Bertz CT molecular complexity index is 366. The van der Waals surface area contributed by atoms with Crippen LogP contribution in [0.15, 0.2) is 21.9 Å². The summed E-state index contributed by atoms with van der Waals surface area (Å²) in [6.45, 7) is 2.11. The summed E-state index contributed by atoms with van der Waals surface area (Å²) in [5.41, 5.74) is 2.44. The van der Waals surface area contributed by atoms with Gasteiger partial charge in [-0.25, -0.2) is 0 Å². The zero-order valence-corrected chi connectivity index (χ0v) is 10.3. The Balaban J connectivity index is 3.19. The number of rotatable bonds is 3. The highest BCUT2D eigenvalue weighted by Crippen LogP contribution is 2.29. The second-order valence-corrected chi connectivity index (χ2v) is 4.66. The van der Waals surface area contributed by atoms with E-state index in [0.29, 0.717) is 6.42 Å². The Morgan fingerprint density at radius 3 is 2.36 bits per heavy atom. The quantitative estimate of drug-likeness (QED) is 0.733. The van der Waals surface area contributed by atoms with Gasteiger partial charge in [-0.15, -0.1) is 23.5 Å². The normalized spacial score (nSPS) is 9.86. The molecule has 1 aromatic carbocycles. The molecule has 0 aliphatic rings. The molecule has 0 heterocycles. The molecule has 0 amide bonds. The molecular weight excluding hydrogens is 210 g/mol. The van der Waals surface area contributed by atoms with Gasteiger partial charge in [0.2, 0.25) is 0 Å². The van der Waals surface area contributed by atoms with E-state index in [0.717, 1.165) is 5.56 Å². The number of nitrogens with zero attached hydrogens (tertiary/aromatic N) is 1. The van der Waals surface area contributed by atoms with Crippen molar-refractivity contribution in [1.29, 1.82) is 5.26 Å². The number of hydrogen-bond donors (Lipinski definition) is 0. The standard InChI is InChI=1S/C11H13NS2/c1-8-6-11(14-3)9(4-5-12)7-10(8)13-2/h6-7H,4H2,1-3H3. The molecule has 0 aliphatic carbocycles. The summed E-state index contributed by atoms with van der Waals surface area (Å²) in [6, 6.07) is 6.51. The van der Waals surface area contributed by atoms with E-state index in [2.05, 4.69) is 37.6 Å². The molecule has 14 heavy (non-hydrogen) atoms. The molecule has 1 rings (SSSR count). The van der Waals surface area contributed by atoms with E-state index in [-0.39, 0.29) is 0 Å². The average Bonchev–Trinajstić information content (AvgIpc) is 2.20. The van der Waals surface area contributed by atoms with Crippen LogP contribution in [-0.4, -0.2) is 12.5 Å². The minimum absolute atomic E-state index is 0.504. The van der Waals surface area contributed by atoms with E-state index >= 15 is 0 Å². The maximum Gasteiger partial charge on any atom is 0.0670 e. The zero-order chi connectivity index (χ0) is 10.6. The van der Waals surface area contributed by atoms with Crippen LogP contribution < -0.4 is 0 Å². The van der Waals surface area contributed by atoms with Gasteiger partial charge >= 0.3 is 0 Å². The van der Waals surface area contributed by atoms with E-state index in [1.165, 1.54) is 15.4 Å².